The number of halogens is 1. The van der Waals surface area contributed by atoms with Gasteiger partial charge in [0.1, 0.15) is 0 Å². The summed E-state index contributed by atoms with van der Waals surface area (Å²) in [5.74, 6) is 2.44. The van der Waals surface area contributed by atoms with Gasteiger partial charge in [0.15, 0.2) is 5.82 Å². The highest BCUT2D eigenvalue weighted by molar-refractivity contribution is 9.10. The monoisotopic (exact) mass is 596 g/mol. The lowest BCUT2D eigenvalue weighted by atomic mass is 9.42. The molecule has 4 fully saturated rings. The summed E-state index contributed by atoms with van der Waals surface area (Å²) in [4.78, 5) is 10.0. The molecular weight excluding hydrogens is 564 g/mol. The van der Waals surface area contributed by atoms with Crippen molar-refractivity contribution in [2.45, 2.75) is 49.4 Å². The van der Waals surface area contributed by atoms with E-state index in [1.54, 1.807) is 5.56 Å². The van der Waals surface area contributed by atoms with Crippen LogP contribution < -0.4 is 0 Å². The number of nitrogens with zero attached hydrogens (tertiary/aromatic N) is 2. The Labute approximate surface area is 251 Å². The first-order valence-corrected chi connectivity index (χ1v) is 15.7. The van der Waals surface area contributed by atoms with Crippen LogP contribution in [0.2, 0.25) is 0 Å². The summed E-state index contributed by atoms with van der Waals surface area (Å²) >= 11 is 3.65. The van der Waals surface area contributed by atoms with E-state index >= 15 is 0 Å². The molecule has 2 atom stereocenters. The van der Waals surface area contributed by atoms with Crippen LogP contribution in [0.3, 0.4) is 0 Å². The van der Waals surface area contributed by atoms with Gasteiger partial charge >= 0.3 is 0 Å². The molecule has 0 amide bonds. The summed E-state index contributed by atoms with van der Waals surface area (Å²) in [5.41, 5.74) is 8.91. The van der Waals surface area contributed by atoms with Crippen molar-refractivity contribution in [3.8, 4) is 33.9 Å². The summed E-state index contributed by atoms with van der Waals surface area (Å²) < 4.78 is 1.17. The molecular formula is C38H33BrN2. The van der Waals surface area contributed by atoms with Crippen LogP contribution in [0, 0.1) is 11.8 Å². The smallest absolute Gasteiger partial charge is 0.160 e. The first-order chi connectivity index (χ1) is 20.1. The molecule has 3 heteroatoms. The first kappa shape index (κ1) is 25.2. The van der Waals surface area contributed by atoms with Gasteiger partial charge in [-0.2, -0.15) is 0 Å². The van der Waals surface area contributed by atoms with E-state index in [1.165, 1.54) is 48.6 Å². The van der Waals surface area contributed by atoms with Crippen molar-refractivity contribution in [1.82, 2.24) is 9.97 Å². The molecule has 9 rings (SSSR count). The van der Waals surface area contributed by atoms with Crippen molar-refractivity contribution in [3.63, 3.8) is 0 Å². The summed E-state index contributed by atoms with van der Waals surface area (Å²) in [6.07, 6.45) is 8.09. The Hall–Kier alpha value is -3.56. The average Bonchev–Trinajstić information content (AvgIpc) is 3.01. The summed E-state index contributed by atoms with van der Waals surface area (Å²) in [5, 5.41) is 0. The zero-order valence-corrected chi connectivity index (χ0v) is 24.7. The second-order valence-corrected chi connectivity index (χ2v) is 13.7. The topological polar surface area (TPSA) is 25.8 Å². The molecule has 4 aliphatic rings. The highest BCUT2D eigenvalue weighted by Gasteiger charge is 2.58. The second-order valence-electron chi connectivity index (χ2n) is 12.8. The van der Waals surface area contributed by atoms with Gasteiger partial charge < -0.3 is 0 Å². The number of hydrogen-bond acceptors (Lipinski definition) is 2. The second kappa shape index (κ2) is 9.77. The maximum atomic E-state index is 5.06. The molecule has 41 heavy (non-hydrogen) atoms. The maximum absolute atomic E-state index is 5.06. The van der Waals surface area contributed by atoms with Gasteiger partial charge in [0.25, 0.3) is 0 Å². The van der Waals surface area contributed by atoms with Crippen LogP contribution in [-0.4, -0.2) is 9.97 Å². The van der Waals surface area contributed by atoms with E-state index in [4.69, 9.17) is 9.97 Å². The Morgan fingerprint density at radius 2 is 1.00 bits per heavy atom. The summed E-state index contributed by atoms with van der Waals surface area (Å²) in [6, 6.07) is 41.6. The molecule has 4 aromatic carbocycles. The fourth-order valence-corrected chi connectivity index (χ4v) is 9.07. The summed E-state index contributed by atoms with van der Waals surface area (Å²) in [6.45, 7) is 0. The van der Waals surface area contributed by atoms with Gasteiger partial charge in [-0.05, 0) is 90.5 Å². The van der Waals surface area contributed by atoms with E-state index < -0.39 is 0 Å². The third-order valence-corrected chi connectivity index (χ3v) is 10.7. The predicted molar refractivity (Wildman–Crippen MR) is 171 cm³/mol. The van der Waals surface area contributed by atoms with Crippen LogP contribution in [0.5, 0.6) is 0 Å². The van der Waals surface area contributed by atoms with Gasteiger partial charge in [-0.25, -0.2) is 9.97 Å². The van der Waals surface area contributed by atoms with Crippen LogP contribution in [0.4, 0.5) is 0 Å². The van der Waals surface area contributed by atoms with Crippen LogP contribution in [0.1, 0.15) is 49.7 Å². The minimum absolute atomic E-state index is 0.283. The Morgan fingerprint density at radius 1 is 0.537 bits per heavy atom. The minimum Gasteiger partial charge on any atom is -0.228 e. The molecule has 0 saturated heterocycles. The van der Waals surface area contributed by atoms with Crippen LogP contribution in [0.25, 0.3) is 33.9 Å². The molecule has 1 aromatic heterocycles. The Kier molecular flexibility index (Phi) is 6.00. The normalized spacial score (nSPS) is 26.3. The van der Waals surface area contributed by atoms with Crippen molar-refractivity contribution >= 4 is 15.9 Å². The zero-order valence-electron chi connectivity index (χ0n) is 23.1. The van der Waals surface area contributed by atoms with Crippen molar-refractivity contribution in [2.75, 3.05) is 0 Å². The van der Waals surface area contributed by atoms with Gasteiger partial charge in [-0.1, -0.05) is 113 Å². The Bertz CT molecular complexity index is 1620. The van der Waals surface area contributed by atoms with E-state index in [0.717, 1.165) is 45.7 Å². The Morgan fingerprint density at radius 3 is 1.54 bits per heavy atom. The molecule has 4 saturated carbocycles. The molecule has 1 heterocycles. The molecule has 0 N–H and O–H groups in total. The fraction of sp³-hybridized carbons (Fsp3) is 0.263. The molecule has 0 radical (unpaired) electrons. The van der Waals surface area contributed by atoms with Crippen molar-refractivity contribution in [3.05, 3.63) is 131 Å². The molecule has 4 aliphatic carbocycles. The highest BCUT2D eigenvalue weighted by Crippen LogP contribution is 2.66. The van der Waals surface area contributed by atoms with Crippen molar-refractivity contribution in [2.24, 2.45) is 11.8 Å². The first-order valence-electron chi connectivity index (χ1n) is 14.9. The average molecular weight is 598 g/mol. The molecule has 0 aliphatic heterocycles. The van der Waals surface area contributed by atoms with Crippen LogP contribution in [-0.2, 0) is 10.8 Å². The van der Waals surface area contributed by atoms with E-state index in [0.29, 0.717) is 5.41 Å². The number of aromatic nitrogens is 2. The summed E-state index contributed by atoms with van der Waals surface area (Å²) in [7, 11) is 0. The lowest BCUT2D eigenvalue weighted by Gasteiger charge is -2.63. The van der Waals surface area contributed by atoms with Crippen molar-refractivity contribution < 1.29 is 0 Å². The number of hydrogen-bond donors (Lipinski definition) is 0. The minimum atomic E-state index is 0.283. The van der Waals surface area contributed by atoms with E-state index in [1.807, 2.05) is 12.1 Å². The third kappa shape index (κ3) is 4.46. The molecule has 2 unspecified atom stereocenters. The van der Waals surface area contributed by atoms with Gasteiger partial charge in [0.2, 0.25) is 0 Å². The van der Waals surface area contributed by atoms with E-state index in [-0.39, 0.29) is 5.41 Å². The van der Waals surface area contributed by atoms with Crippen molar-refractivity contribution in [1.29, 1.82) is 0 Å². The van der Waals surface area contributed by atoms with Crippen LogP contribution in [0.15, 0.2) is 120 Å². The quantitative estimate of drug-likeness (QED) is 0.202. The molecule has 202 valence electrons. The van der Waals surface area contributed by atoms with Gasteiger partial charge in [0.05, 0.1) is 11.4 Å². The third-order valence-electron chi connectivity index (χ3n) is 10.1. The van der Waals surface area contributed by atoms with Gasteiger partial charge in [0, 0.05) is 21.2 Å². The standard InChI is InChI=1S/C38H33BrN2/c39-33-17-15-32(16-18-33)38-23-26-19-27(24-38)22-37(21-26,25-38)31-13-11-29(12-14-31)35-20-34(28-7-3-1-4-8-28)40-36(41-35)30-9-5-2-6-10-30/h1-18,20,26-27H,19,21-25H2. The molecule has 4 bridgehead atoms. The molecule has 0 spiro atoms. The lowest BCUT2D eigenvalue weighted by Crippen LogP contribution is -2.55. The lowest BCUT2D eigenvalue weighted by molar-refractivity contribution is -0.0281. The molecule has 2 nitrogen and oxygen atoms in total. The number of rotatable bonds is 5. The highest BCUT2D eigenvalue weighted by atomic mass is 79.9. The predicted octanol–water partition coefficient (Wildman–Crippen LogP) is 10.0. The van der Waals surface area contributed by atoms with Gasteiger partial charge in [-0.15, -0.1) is 0 Å². The Balaban J connectivity index is 1.17. The largest absolute Gasteiger partial charge is 0.228 e. The van der Waals surface area contributed by atoms with E-state index in [2.05, 4.69) is 119 Å². The molecule has 5 aromatic rings. The van der Waals surface area contributed by atoms with Crippen LogP contribution >= 0.6 is 15.9 Å². The fourth-order valence-electron chi connectivity index (χ4n) is 8.80. The number of benzene rings is 4. The van der Waals surface area contributed by atoms with E-state index in [9.17, 15) is 0 Å². The van der Waals surface area contributed by atoms with Gasteiger partial charge in [-0.3, -0.25) is 0 Å². The maximum Gasteiger partial charge on any atom is 0.160 e. The zero-order chi connectivity index (χ0) is 27.4. The SMILES string of the molecule is Brc1ccc(C23CC4CC(C2)CC(c2ccc(-c5cc(-c6ccccc6)nc(-c6ccccc6)n5)cc2)(C4)C3)cc1.